The van der Waals surface area contributed by atoms with Crippen LogP contribution in [0.5, 0.6) is 0 Å². The van der Waals surface area contributed by atoms with Crippen LogP contribution in [0.15, 0.2) is 47.1 Å². The number of nitrogens with zero attached hydrogens (tertiary/aromatic N) is 4. The van der Waals surface area contributed by atoms with E-state index in [0.717, 1.165) is 16.6 Å². The first-order valence-electron chi connectivity index (χ1n) is 8.79. The van der Waals surface area contributed by atoms with Crippen molar-refractivity contribution in [3.8, 4) is 11.5 Å². The molecule has 0 saturated carbocycles. The fraction of sp³-hybridized carbons (Fsp3) is 0.200. The summed E-state index contributed by atoms with van der Waals surface area (Å²) in [6, 6.07) is 11.9. The second-order valence-corrected chi connectivity index (χ2v) is 6.78. The van der Waals surface area contributed by atoms with Gasteiger partial charge in [-0.3, -0.25) is 4.79 Å². The van der Waals surface area contributed by atoms with E-state index in [2.05, 4.69) is 15.3 Å². The molecule has 0 amide bonds. The Labute approximate surface area is 164 Å². The van der Waals surface area contributed by atoms with Crippen LogP contribution in [-0.4, -0.2) is 25.6 Å². The van der Waals surface area contributed by atoms with E-state index in [0.29, 0.717) is 35.2 Å². The van der Waals surface area contributed by atoms with Gasteiger partial charge in [-0.15, -0.1) is 0 Å². The Morgan fingerprint density at radius 1 is 1.21 bits per heavy atom. The third-order valence-electron chi connectivity index (χ3n) is 4.53. The molecule has 2 heterocycles. The summed E-state index contributed by atoms with van der Waals surface area (Å²) in [5, 5.41) is 8.21. The number of halogens is 2. The molecule has 0 fully saturated rings. The Kier molecular flexibility index (Phi) is 4.92. The number of hydrogen-bond acceptors (Lipinski definition) is 5. The van der Waals surface area contributed by atoms with Gasteiger partial charge in [-0.2, -0.15) is 0 Å². The number of benzene rings is 2. The highest BCUT2D eigenvalue weighted by atomic mass is 35.5. The lowest BCUT2D eigenvalue weighted by Gasteiger charge is -2.10. The molecule has 0 aliphatic heterocycles. The minimum absolute atomic E-state index is 0.0289. The SMILES string of the molecule is CCC(=O)Cc1nonc1-c1nc2ccccc2n1Cc1ccc(F)cc1Cl. The lowest BCUT2D eigenvalue weighted by Crippen LogP contribution is -2.07. The van der Waals surface area contributed by atoms with Crippen molar-refractivity contribution in [3.05, 3.63) is 64.6 Å². The number of imidazole rings is 1. The van der Waals surface area contributed by atoms with E-state index >= 15 is 0 Å². The summed E-state index contributed by atoms with van der Waals surface area (Å²) in [4.78, 5) is 16.6. The molecule has 0 spiro atoms. The number of carbonyl (C=O) groups is 1. The van der Waals surface area contributed by atoms with E-state index in [9.17, 15) is 9.18 Å². The van der Waals surface area contributed by atoms with Crippen molar-refractivity contribution in [2.24, 2.45) is 0 Å². The number of rotatable bonds is 6. The molecule has 2 aromatic heterocycles. The highest BCUT2D eigenvalue weighted by Crippen LogP contribution is 2.28. The maximum absolute atomic E-state index is 13.4. The third-order valence-corrected chi connectivity index (χ3v) is 4.88. The fourth-order valence-electron chi connectivity index (χ4n) is 3.04. The van der Waals surface area contributed by atoms with E-state index in [1.807, 2.05) is 28.8 Å². The Morgan fingerprint density at radius 3 is 2.82 bits per heavy atom. The Balaban J connectivity index is 1.85. The van der Waals surface area contributed by atoms with Gasteiger partial charge < -0.3 is 4.57 Å². The van der Waals surface area contributed by atoms with E-state index < -0.39 is 5.82 Å². The number of para-hydroxylation sites is 2. The topological polar surface area (TPSA) is 73.8 Å². The van der Waals surface area contributed by atoms with Crippen LogP contribution < -0.4 is 0 Å². The van der Waals surface area contributed by atoms with Crippen LogP contribution in [0.25, 0.3) is 22.6 Å². The first-order valence-corrected chi connectivity index (χ1v) is 9.17. The zero-order chi connectivity index (χ0) is 19.7. The average Bonchev–Trinajstić information content (AvgIpc) is 3.28. The summed E-state index contributed by atoms with van der Waals surface area (Å²) >= 11 is 6.23. The summed E-state index contributed by atoms with van der Waals surface area (Å²) in [5.74, 6) is 0.147. The molecule has 6 nitrogen and oxygen atoms in total. The normalized spacial score (nSPS) is 11.2. The van der Waals surface area contributed by atoms with Gasteiger partial charge in [0.05, 0.1) is 24.0 Å². The second kappa shape index (κ2) is 7.52. The van der Waals surface area contributed by atoms with Gasteiger partial charge in [0.1, 0.15) is 17.3 Å². The molecule has 0 atom stereocenters. The minimum Gasteiger partial charge on any atom is -0.318 e. The van der Waals surface area contributed by atoms with Crippen LogP contribution in [0.3, 0.4) is 0 Å². The molecule has 2 aromatic carbocycles. The van der Waals surface area contributed by atoms with Crippen LogP contribution in [0.1, 0.15) is 24.6 Å². The minimum atomic E-state index is -0.398. The molecule has 0 N–H and O–H groups in total. The van der Waals surface area contributed by atoms with E-state index in [1.165, 1.54) is 12.1 Å². The van der Waals surface area contributed by atoms with Crippen molar-refractivity contribution >= 4 is 28.4 Å². The van der Waals surface area contributed by atoms with Crippen LogP contribution in [0.2, 0.25) is 5.02 Å². The van der Waals surface area contributed by atoms with Crippen molar-refractivity contribution < 1.29 is 13.8 Å². The lowest BCUT2D eigenvalue weighted by atomic mass is 10.1. The van der Waals surface area contributed by atoms with Crippen LogP contribution in [0.4, 0.5) is 4.39 Å². The smallest absolute Gasteiger partial charge is 0.174 e. The van der Waals surface area contributed by atoms with Gasteiger partial charge in [0.2, 0.25) is 0 Å². The number of ketones is 1. The maximum Gasteiger partial charge on any atom is 0.174 e. The molecule has 0 aliphatic carbocycles. The predicted molar refractivity (Wildman–Crippen MR) is 103 cm³/mol. The summed E-state index contributed by atoms with van der Waals surface area (Å²) in [5.41, 5.74) is 3.19. The Bertz CT molecular complexity index is 1170. The lowest BCUT2D eigenvalue weighted by molar-refractivity contribution is -0.118. The zero-order valence-electron chi connectivity index (χ0n) is 15.0. The number of aromatic nitrogens is 4. The highest BCUT2D eigenvalue weighted by Gasteiger charge is 2.22. The summed E-state index contributed by atoms with van der Waals surface area (Å²) in [6.07, 6.45) is 0.518. The largest absolute Gasteiger partial charge is 0.318 e. The third kappa shape index (κ3) is 3.41. The summed E-state index contributed by atoms with van der Waals surface area (Å²) < 4.78 is 20.2. The van der Waals surface area contributed by atoms with Crippen molar-refractivity contribution in [2.45, 2.75) is 26.3 Å². The molecule has 0 unspecified atom stereocenters. The number of fused-ring (bicyclic) bond motifs is 1. The zero-order valence-corrected chi connectivity index (χ0v) is 15.8. The summed E-state index contributed by atoms with van der Waals surface area (Å²) in [7, 11) is 0. The van der Waals surface area contributed by atoms with Crippen molar-refractivity contribution in [3.63, 3.8) is 0 Å². The monoisotopic (exact) mass is 398 g/mol. The van der Waals surface area contributed by atoms with Crippen molar-refractivity contribution in [1.82, 2.24) is 19.9 Å². The van der Waals surface area contributed by atoms with E-state index in [4.69, 9.17) is 16.2 Å². The summed E-state index contributed by atoms with van der Waals surface area (Å²) in [6.45, 7) is 2.14. The molecule has 0 aliphatic rings. The average molecular weight is 399 g/mol. The van der Waals surface area contributed by atoms with Crippen molar-refractivity contribution in [2.75, 3.05) is 0 Å². The number of Topliss-reactive ketones (excluding diaryl/α,β-unsaturated/α-hetero) is 1. The second-order valence-electron chi connectivity index (χ2n) is 6.37. The standard InChI is InChI=1S/C20H16ClFN4O2/c1-2-14(27)10-17-19(25-28-24-17)20-23-16-5-3-4-6-18(16)26(20)11-12-7-8-13(22)9-15(12)21/h3-9H,2,10-11H2,1H3. The predicted octanol–water partition coefficient (Wildman–Crippen LogP) is 4.45. The van der Waals surface area contributed by atoms with Crippen LogP contribution in [0, 0.1) is 5.82 Å². The number of carbonyl (C=O) groups excluding carboxylic acids is 1. The molecular formula is C20H16ClFN4O2. The first-order chi connectivity index (χ1) is 13.6. The van der Waals surface area contributed by atoms with Gasteiger partial charge in [-0.25, -0.2) is 14.0 Å². The van der Waals surface area contributed by atoms with Crippen LogP contribution >= 0.6 is 11.6 Å². The highest BCUT2D eigenvalue weighted by molar-refractivity contribution is 6.31. The molecule has 28 heavy (non-hydrogen) atoms. The molecule has 0 radical (unpaired) electrons. The van der Waals surface area contributed by atoms with E-state index in [1.54, 1.807) is 13.0 Å². The fourth-order valence-corrected chi connectivity index (χ4v) is 3.27. The Hall–Kier alpha value is -3.06. The van der Waals surface area contributed by atoms with Gasteiger partial charge in [0, 0.05) is 11.4 Å². The molecular weight excluding hydrogens is 383 g/mol. The Morgan fingerprint density at radius 2 is 2.04 bits per heavy atom. The quantitative estimate of drug-likeness (QED) is 0.479. The first kappa shape index (κ1) is 18.3. The van der Waals surface area contributed by atoms with Crippen LogP contribution in [-0.2, 0) is 17.8 Å². The van der Waals surface area contributed by atoms with Gasteiger partial charge in [0.15, 0.2) is 11.5 Å². The van der Waals surface area contributed by atoms with Gasteiger partial charge in [-0.1, -0.05) is 41.9 Å². The van der Waals surface area contributed by atoms with E-state index in [-0.39, 0.29) is 12.2 Å². The molecule has 8 heteroatoms. The molecule has 4 rings (SSSR count). The number of hydrogen-bond donors (Lipinski definition) is 0. The molecule has 142 valence electrons. The van der Waals surface area contributed by atoms with Gasteiger partial charge >= 0.3 is 0 Å². The maximum atomic E-state index is 13.4. The molecule has 0 saturated heterocycles. The van der Waals surface area contributed by atoms with Crippen molar-refractivity contribution in [1.29, 1.82) is 0 Å². The van der Waals surface area contributed by atoms with Gasteiger partial charge in [0.25, 0.3) is 0 Å². The molecule has 4 aromatic rings. The van der Waals surface area contributed by atoms with Gasteiger partial charge in [-0.05, 0) is 35.0 Å². The molecule has 0 bridgehead atoms.